The molecule has 1 aromatic heterocycles. The number of tetrazole rings is 1. The van der Waals surface area contributed by atoms with Crippen molar-refractivity contribution >= 4 is 5.69 Å². The fourth-order valence-corrected chi connectivity index (χ4v) is 2.75. The van der Waals surface area contributed by atoms with Crippen LogP contribution >= 0.6 is 0 Å². The van der Waals surface area contributed by atoms with E-state index in [2.05, 4.69) is 22.4 Å². The van der Waals surface area contributed by atoms with Gasteiger partial charge in [0.05, 0.1) is 31.5 Å². The predicted octanol–water partition coefficient (Wildman–Crippen LogP) is 1.91. The highest BCUT2D eigenvalue weighted by atomic mass is 16.5. The average molecular weight is 289 g/mol. The van der Waals surface area contributed by atoms with Crippen LogP contribution in [0.3, 0.4) is 0 Å². The highest BCUT2D eigenvalue weighted by Gasteiger charge is 2.31. The van der Waals surface area contributed by atoms with Gasteiger partial charge in [0.2, 0.25) is 0 Å². The maximum absolute atomic E-state index is 6.18. The molecule has 0 atom stereocenters. The van der Waals surface area contributed by atoms with Gasteiger partial charge in [0.15, 0.2) is 5.82 Å². The van der Waals surface area contributed by atoms with Crippen LogP contribution in [0.4, 0.5) is 5.69 Å². The van der Waals surface area contributed by atoms with Gasteiger partial charge in [-0.15, -0.1) is 5.10 Å². The first kappa shape index (κ1) is 13.7. The van der Waals surface area contributed by atoms with Crippen molar-refractivity contribution in [3.63, 3.8) is 0 Å². The summed E-state index contributed by atoms with van der Waals surface area (Å²) >= 11 is 0. The molecule has 7 nitrogen and oxygen atoms in total. The molecular weight excluding hydrogens is 270 g/mol. The molecule has 1 aromatic carbocycles. The van der Waals surface area contributed by atoms with Gasteiger partial charge in [0.25, 0.3) is 0 Å². The summed E-state index contributed by atoms with van der Waals surface area (Å²) in [6.07, 6.45) is 2.16. The van der Waals surface area contributed by atoms with Gasteiger partial charge in [-0.3, -0.25) is 0 Å². The van der Waals surface area contributed by atoms with E-state index in [-0.39, 0.29) is 0 Å². The van der Waals surface area contributed by atoms with Crippen LogP contribution in [-0.2, 0) is 0 Å². The van der Waals surface area contributed by atoms with Crippen LogP contribution in [-0.4, -0.2) is 34.4 Å². The number of nitrogen functional groups attached to an aromatic ring is 1. The van der Waals surface area contributed by atoms with E-state index in [1.165, 1.54) is 0 Å². The third-order valence-corrected chi connectivity index (χ3v) is 4.00. The Balaban J connectivity index is 2.06. The van der Waals surface area contributed by atoms with E-state index in [1.807, 2.05) is 10.7 Å². The predicted molar refractivity (Wildman–Crippen MR) is 78.2 cm³/mol. The zero-order valence-corrected chi connectivity index (χ0v) is 12.4. The molecule has 0 unspecified atom stereocenters. The molecule has 1 aliphatic carbocycles. The third kappa shape index (κ3) is 2.28. The topological polar surface area (TPSA) is 88.1 Å². The van der Waals surface area contributed by atoms with Crippen LogP contribution in [0.2, 0.25) is 0 Å². The molecule has 1 aliphatic rings. The van der Waals surface area contributed by atoms with Gasteiger partial charge in [0.1, 0.15) is 11.5 Å². The SMILES string of the molecule is COc1cc(OC)c(N)c(-c2nnnn2C2CC(C)C2)c1. The normalized spacial score (nSPS) is 20.9. The number of nitrogens with two attached hydrogens (primary N) is 1. The summed E-state index contributed by atoms with van der Waals surface area (Å²) in [7, 11) is 3.18. The molecular formula is C14H19N5O2. The van der Waals surface area contributed by atoms with Crippen LogP contribution < -0.4 is 15.2 Å². The van der Waals surface area contributed by atoms with Gasteiger partial charge in [-0.2, -0.15) is 0 Å². The monoisotopic (exact) mass is 289 g/mol. The van der Waals surface area contributed by atoms with Crippen molar-refractivity contribution in [2.45, 2.75) is 25.8 Å². The fourth-order valence-electron chi connectivity index (χ4n) is 2.75. The number of hydrogen-bond donors (Lipinski definition) is 1. The summed E-state index contributed by atoms with van der Waals surface area (Å²) in [4.78, 5) is 0. The second-order valence-corrected chi connectivity index (χ2v) is 5.47. The lowest BCUT2D eigenvalue weighted by Gasteiger charge is -2.32. The molecule has 112 valence electrons. The molecule has 0 aliphatic heterocycles. The van der Waals surface area contributed by atoms with Crippen LogP contribution in [0.5, 0.6) is 11.5 Å². The Labute approximate surface area is 123 Å². The van der Waals surface area contributed by atoms with Gasteiger partial charge in [0, 0.05) is 6.07 Å². The number of aromatic nitrogens is 4. The minimum atomic E-state index is 0.335. The molecule has 1 fully saturated rings. The van der Waals surface area contributed by atoms with Gasteiger partial charge in [-0.05, 0) is 35.3 Å². The van der Waals surface area contributed by atoms with Gasteiger partial charge >= 0.3 is 0 Å². The van der Waals surface area contributed by atoms with E-state index in [1.54, 1.807) is 20.3 Å². The molecule has 0 spiro atoms. The third-order valence-electron chi connectivity index (χ3n) is 4.00. The lowest BCUT2D eigenvalue weighted by Crippen LogP contribution is -2.26. The quantitative estimate of drug-likeness (QED) is 0.865. The number of hydrogen-bond acceptors (Lipinski definition) is 6. The largest absolute Gasteiger partial charge is 0.497 e. The second kappa shape index (κ2) is 5.23. The maximum Gasteiger partial charge on any atom is 0.184 e. The minimum absolute atomic E-state index is 0.335. The van der Waals surface area contributed by atoms with Crippen LogP contribution in [0.1, 0.15) is 25.8 Å². The summed E-state index contributed by atoms with van der Waals surface area (Å²) < 4.78 is 12.4. The molecule has 1 heterocycles. The molecule has 7 heteroatoms. The first-order valence-corrected chi connectivity index (χ1v) is 6.93. The Bertz CT molecular complexity index is 649. The molecule has 0 bridgehead atoms. The molecule has 3 rings (SSSR count). The van der Waals surface area contributed by atoms with Crippen LogP contribution in [0.15, 0.2) is 12.1 Å². The summed E-state index contributed by atoms with van der Waals surface area (Å²) in [5.74, 6) is 2.58. The van der Waals surface area contributed by atoms with E-state index in [0.29, 0.717) is 35.0 Å². The first-order chi connectivity index (χ1) is 10.1. The second-order valence-electron chi connectivity index (χ2n) is 5.47. The number of ether oxygens (including phenoxy) is 2. The summed E-state index contributed by atoms with van der Waals surface area (Å²) in [6, 6.07) is 3.92. The first-order valence-electron chi connectivity index (χ1n) is 6.93. The zero-order chi connectivity index (χ0) is 15.0. The molecule has 1 saturated carbocycles. The Kier molecular flexibility index (Phi) is 3.40. The molecule has 0 saturated heterocycles. The number of benzene rings is 1. The Morgan fingerprint density at radius 2 is 2.00 bits per heavy atom. The molecule has 0 radical (unpaired) electrons. The van der Waals surface area contributed by atoms with Crippen molar-refractivity contribution in [2.24, 2.45) is 5.92 Å². The summed E-state index contributed by atoms with van der Waals surface area (Å²) in [5, 5.41) is 12.1. The van der Waals surface area contributed by atoms with E-state index in [0.717, 1.165) is 18.4 Å². The maximum atomic E-state index is 6.18. The average Bonchev–Trinajstić information content (AvgIpc) is 2.93. The number of methoxy groups -OCH3 is 2. The Morgan fingerprint density at radius 1 is 1.24 bits per heavy atom. The van der Waals surface area contributed by atoms with Crippen LogP contribution in [0.25, 0.3) is 11.4 Å². The lowest BCUT2D eigenvalue weighted by atomic mass is 9.82. The van der Waals surface area contributed by atoms with Gasteiger partial charge in [-0.25, -0.2) is 4.68 Å². The van der Waals surface area contributed by atoms with Crippen molar-refractivity contribution in [1.82, 2.24) is 20.2 Å². The summed E-state index contributed by atoms with van der Waals surface area (Å²) in [6.45, 7) is 2.23. The highest BCUT2D eigenvalue weighted by Crippen LogP contribution is 2.41. The molecule has 21 heavy (non-hydrogen) atoms. The number of nitrogens with zero attached hydrogens (tertiary/aromatic N) is 4. The molecule has 2 aromatic rings. The molecule has 0 amide bonds. The smallest absolute Gasteiger partial charge is 0.184 e. The zero-order valence-electron chi connectivity index (χ0n) is 12.4. The molecule has 2 N–H and O–H groups in total. The fraction of sp³-hybridized carbons (Fsp3) is 0.500. The van der Waals surface area contributed by atoms with E-state index < -0.39 is 0 Å². The van der Waals surface area contributed by atoms with E-state index in [9.17, 15) is 0 Å². The summed E-state index contributed by atoms with van der Waals surface area (Å²) in [5.41, 5.74) is 7.42. The van der Waals surface area contributed by atoms with Crippen molar-refractivity contribution in [2.75, 3.05) is 20.0 Å². The van der Waals surface area contributed by atoms with E-state index >= 15 is 0 Å². The van der Waals surface area contributed by atoms with Crippen LogP contribution in [0, 0.1) is 5.92 Å². The van der Waals surface area contributed by atoms with Crippen molar-refractivity contribution in [3.05, 3.63) is 12.1 Å². The lowest BCUT2D eigenvalue weighted by molar-refractivity contribution is 0.199. The standard InChI is InChI=1S/C14H19N5O2/c1-8-4-9(5-8)19-14(16-17-18-19)11-6-10(20-2)7-12(21-3)13(11)15/h6-9H,4-5,15H2,1-3H3. The number of rotatable bonds is 4. The number of anilines is 1. The van der Waals surface area contributed by atoms with Gasteiger partial charge < -0.3 is 15.2 Å². The van der Waals surface area contributed by atoms with Gasteiger partial charge in [-0.1, -0.05) is 6.92 Å². The Morgan fingerprint density at radius 3 is 2.62 bits per heavy atom. The van der Waals surface area contributed by atoms with Crippen molar-refractivity contribution < 1.29 is 9.47 Å². The highest BCUT2D eigenvalue weighted by molar-refractivity contribution is 5.78. The Hall–Kier alpha value is -2.31. The minimum Gasteiger partial charge on any atom is -0.497 e. The van der Waals surface area contributed by atoms with E-state index in [4.69, 9.17) is 15.2 Å². The van der Waals surface area contributed by atoms with Crippen molar-refractivity contribution in [1.29, 1.82) is 0 Å². The van der Waals surface area contributed by atoms with Crippen molar-refractivity contribution in [3.8, 4) is 22.9 Å².